The maximum Gasteiger partial charge on any atom is 0.175 e. The fraction of sp³-hybridized carbons (Fsp3) is 0.348. The van der Waals surface area contributed by atoms with Gasteiger partial charge in [-0.3, -0.25) is 4.98 Å². The Kier molecular flexibility index (Phi) is 5.21. The van der Waals surface area contributed by atoms with Crippen molar-refractivity contribution in [1.82, 2.24) is 9.88 Å². The monoisotopic (exact) mass is 394 g/mol. The van der Waals surface area contributed by atoms with Gasteiger partial charge in [0.25, 0.3) is 0 Å². The largest absolute Gasteiger partial charge is 0.300 e. The molecule has 28 heavy (non-hydrogen) atoms. The summed E-state index contributed by atoms with van der Waals surface area (Å²) in [6.07, 6.45) is 4.82. The summed E-state index contributed by atoms with van der Waals surface area (Å²) in [7, 11) is -3.17. The lowest BCUT2D eigenvalue weighted by Gasteiger charge is -2.20. The van der Waals surface area contributed by atoms with Crippen LogP contribution in [0.2, 0.25) is 0 Å². The molecule has 0 aliphatic carbocycles. The predicted molar refractivity (Wildman–Crippen MR) is 114 cm³/mol. The number of fused-ring (bicyclic) bond motifs is 1. The molecule has 2 heterocycles. The van der Waals surface area contributed by atoms with Gasteiger partial charge in [0.15, 0.2) is 9.84 Å². The average Bonchev–Trinajstić information content (AvgIpc) is 3.10. The number of benzene rings is 2. The molecule has 0 saturated carbocycles. The minimum absolute atomic E-state index is 0.343. The number of likely N-dealkylation sites (tertiary alicyclic amines) is 1. The quantitative estimate of drug-likeness (QED) is 0.646. The van der Waals surface area contributed by atoms with E-state index in [4.69, 9.17) is 4.98 Å². The molecule has 0 N–H and O–H groups in total. The minimum Gasteiger partial charge on any atom is -0.300 e. The Morgan fingerprint density at radius 1 is 1.04 bits per heavy atom. The van der Waals surface area contributed by atoms with Crippen molar-refractivity contribution in [2.24, 2.45) is 0 Å². The smallest absolute Gasteiger partial charge is 0.175 e. The van der Waals surface area contributed by atoms with Gasteiger partial charge in [-0.2, -0.15) is 0 Å². The Morgan fingerprint density at radius 2 is 1.79 bits per heavy atom. The zero-order valence-corrected chi connectivity index (χ0v) is 17.2. The van der Waals surface area contributed by atoms with Crippen LogP contribution in [0.3, 0.4) is 0 Å². The lowest BCUT2D eigenvalue weighted by Crippen LogP contribution is -2.29. The molecule has 1 aliphatic heterocycles. The van der Waals surface area contributed by atoms with Crippen LogP contribution in [0.15, 0.2) is 59.5 Å². The second-order valence-corrected chi connectivity index (χ2v) is 9.80. The van der Waals surface area contributed by atoms with E-state index in [-0.39, 0.29) is 0 Å². The van der Waals surface area contributed by atoms with Crippen LogP contribution in [0.5, 0.6) is 0 Å². The van der Waals surface area contributed by atoms with Crippen LogP contribution in [-0.2, 0) is 16.3 Å². The summed E-state index contributed by atoms with van der Waals surface area (Å²) < 4.78 is 23.3. The minimum atomic E-state index is -3.17. The molecule has 3 aromatic rings. The molecule has 0 bridgehead atoms. The van der Waals surface area contributed by atoms with Crippen LogP contribution in [0.4, 0.5) is 0 Å². The van der Waals surface area contributed by atoms with E-state index in [1.165, 1.54) is 25.6 Å². The van der Waals surface area contributed by atoms with E-state index >= 15 is 0 Å². The molecule has 1 atom stereocenters. The van der Waals surface area contributed by atoms with Crippen LogP contribution in [0.25, 0.3) is 22.0 Å². The number of aromatic nitrogens is 1. The fourth-order valence-electron chi connectivity index (χ4n) is 3.96. The van der Waals surface area contributed by atoms with Crippen molar-refractivity contribution in [3.63, 3.8) is 0 Å². The lowest BCUT2D eigenvalue weighted by atomic mass is 10.0. The van der Waals surface area contributed by atoms with Gasteiger partial charge in [-0.1, -0.05) is 24.3 Å². The number of nitrogens with zero attached hydrogens (tertiary/aromatic N) is 2. The SMILES string of the molecule is C[C@@H]1CCCN1CCc1ccc2cc(-c3ccc(S(C)(=O)=O)cc3)ccc2n1. The molecule has 1 fully saturated rings. The van der Waals surface area contributed by atoms with Crippen molar-refractivity contribution in [1.29, 1.82) is 0 Å². The van der Waals surface area contributed by atoms with Crippen LogP contribution in [0.1, 0.15) is 25.5 Å². The molecule has 146 valence electrons. The molecular formula is C23H26N2O2S. The number of hydrogen-bond donors (Lipinski definition) is 0. The van der Waals surface area contributed by atoms with Gasteiger partial charge in [-0.25, -0.2) is 8.42 Å². The van der Waals surface area contributed by atoms with Crippen molar-refractivity contribution < 1.29 is 8.42 Å². The van der Waals surface area contributed by atoms with Crippen LogP contribution in [0, 0.1) is 0 Å². The highest BCUT2D eigenvalue weighted by atomic mass is 32.2. The summed E-state index contributed by atoms with van der Waals surface area (Å²) in [5, 5.41) is 1.10. The van der Waals surface area contributed by atoms with Gasteiger partial charge in [0.05, 0.1) is 10.4 Å². The summed E-state index contributed by atoms with van der Waals surface area (Å²) >= 11 is 0. The van der Waals surface area contributed by atoms with E-state index in [0.717, 1.165) is 40.7 Å². The molecule has 1 aromatic heterocycles. The average molecular weight is 395 g/mol. The third-order valence-corrected chi connectivity index (χ3v) is 6.84. The lowest BCUT2D eigenvalue weighted by molar-refractivity contribution is 0.271. The second kappa shape index (κ2) is 7.64. The molecule has 0 radical (unpaired) electrons. The van der Waals surface area contributed by atoms with Gasteiger partial charge < -0.3 is 4.90 Å². The first kappa shape index (κ1) is 19.1. The van der Waals surface area contributed by atoms with Gasteiger partial charge in [0, 0.05) is 36.3 Å². The summed E-state index contributed by atoms with van der Waals surface area (Å²) in [6.45, 7) is 4.59. The van der Waals surface area contributed by atoms with Crippen molar-refractivity contribution in [3.05, 3.63) is 60.3 Å². The van der Waals surface area contributed by atoms with Crippen LogP contribution < -0.4 is 0 Å². The molecule has 0 unspecified atom stereocenters. The zero-order chi connectivity index (χ0) is 19.7. The standard InChI is InChI=1S/C23H26N2O2S/c1-17-4-3-14-25(17)15-13-21-9-5-20-16-19(8-12-23(20)24-21)18-6-10-22(11-7-18)28(2,26)27/h5-12,16-17H,3-4,13-15H2,1-2H3/t17-/m1/s1. The molecule has 2 aromatic carbocycles. The fourth-order valence-corrected chi connectivity index (χ4v) is 4.59. The molecule has 4 nitrogen and oxygen atoms in total. The highest BCUT2D eigenvalue weighted by Gasteiger charge is 2.19. The number of hydrogen-bond acceptors (Lipinski definition) is 4. The van der Waals surface area contributed by atoms with E-state index in [0.29, 0.717) is 10.9 Å². The Balaban J connectivity index is 1.53. The number of sulfone groups is 1. The van der Waals surface area contributed by atoms with Crippen molar-refractivity contribution in [2.45, 2.75) is 37.1 Å². The summed E-state index contributed by atoms with van der Waals surface area (Å²) in [6, 6.07) is 18.2. The van der Waals surface area contributed by atoms with E-state index < -0.39 is 9.84 Å². The summed E-state index contributed by atoms with van der Waals surface area (Å²) in [5.74, 6) is 0. The first-order valence-corrected chi connectivity index (χ1v) is 11.7. The predicted octanol–water partition coefficient (Wildman–Crippen LogP) is 4.33. The first-order valence-electron chi connectivity index (χ1n) is 9.84. The van der Waals surface area contributed by atoms with E-state index in [1.807, 2.05) is 12.1 Å². The van der Waals surface area contributed by atoms with Crippen molar-refractivity contribution in [2.75, 3.05) is 19.3 Å². The molecule has 0 spiro atoms. The molecule has 0 amide bonds. The van der Waals surface area contributed by atoms with E-state index in [9.17, 15) is 8.42 Å². The number of rotatable bonds is 5. The van der Waals surface area contributed by atoms with Gasteiger partial charge in [-0.15, -0.1) is 0 Å². The molecule has 1 saturated heterocycles. The van der Waals surface area contributed by atoms with Gasteiger partial charge in [0.2, 0.25) is 0 Å². The summed E-state index contributed by atoms with van der Waals surface area (Å²) in [4.78, 5) is 7.73. The second-order valence-electron chi connectivity index (χ2n) is 7.78. The maximum absolute atomic E-state index is 11.6. The van der Waals surface area contributed by atoms with Gasteiger partial charge >= 0.3 is 0 Å². The third kappa shape index (κ3) is 4.10. The maximum atomic E-state index is 11.6. The molecular weight excluding hydrogens is 368 g/mol. The Hall–Kier alpha value is -2.24. The third-order valence-electron chi connectivity index (χ3n) is 5.71. The van der Waals surface area contributed by atoms with Gasteiger partial charge in [-0.05, 0) is 67.8 Å². The first-order chi connectivity index (χ1) is 13.4. The van der Waals surface area contributed by atoms with Gasteiger partial charge in [0.1, 0.15) is 0 Å². The Labute approximate surface area is 167 Å². The Bertz CT molecular complexity index is 1090. The van der Waals surface area contributed by atoms with E-state index in [1.54, 1.807) is 12.1 Å². The molecule has 4 rings (SSSR count). The number of pyridine rings is 1. The highest BCUT2D eigenvalue weighted by Crippen LogP contribution is 2.25. The normalized spacial score (nSPS) is 18.0. The highest BCUT2D eigenvalue weighted by molar-refractivity contribution is 7.90. The van der Waals surface area contributed by atoms with Crippen molar-refractivity contribution >= 4 is 20.7 Å². The molecule has 5 heteroatoms. The summed E-state index contributed by atoms with van der Waals surface area (Å²) in [5.41, 5.74) is 4.20. The van der Waals surface area contributed by atoms with Crippen LogP contribution >= 0.6 is 0 Å². The molecule has 1 aliphatic rings. The topological polar surface area (TPSA) is 50.3 Å². The van der Waals surface area contributed by atoms with Crippen molar-refractivity contribution in [3.8, 4) is 11.1 Å². The Morgan fingerprint density at radius 3 is 2.46 bits per heavy atom. The van der Waals surface area contributed by atoms with E-state index in [2.05, 4.69) is 42.2 Å². The van der Waals surface area contributed by atoms with Crippen LogP contribution in [-0.4, -0.2) is 43.7 Å². The zero-order valence-electron chi connectivity index (χ0n) is 16.4.